The summed E-state index contributed by atoms with van der Waals surface area (Å²) in [6.07, 6.45) is 7.36. The third kappa shape index (κ3) is 11.3. The maximum atomic E-state index is 12.0. The van der Waals surface area contributed by atoms with Crippen molar-refractivity contribution in [3.05, 3.63) is 24.3 Å². The van der Waals surface area contributed by atoms with E-state index >= 15 is 0 Å². The van der Waals surface area contributed by atoms with Crippen LogP contribution in [-0.2, 0) is 33.0 Å². The predicted octanol–water partition coefficient (Wildman–Crippen LogP) is 3.40. The van der Waals surface area contributed by atoms with Gasteiger partial charge in [-0.3, -0.25) is 0 Å². The average Bonchev–Trinajstić information content (AvgIpc) is 2.62. The maximum absolute atomic E-state index is 12.0. The first-order chi connectivity index (χ1) is 13.6. The first-order valence-electron chi connectivity index (χ1n) is 10.1. The third-order valence-electron chi connectivity index (χ3n) is 4.89. The number of ether oxygens (including phenoxy) is 4. The lowest BCUT2D eigenvalue weighted by Crippen LogP contribution is -2.43. The molecule has 0 aromatic carbocycles. The molecular formula is C21H36O7Si. The molecule has 1 heterocycles. The zero-order valence-corrected chi connectivity index (χ0v) is 19.4. The number of allylic oxidation sites excluding steroid dienone is 1. The van der Waals surface area contributed by atoms with E-state index in [4.69, 9.17) is 23.4 Å². The van der Waals surface area contributed by atoms with Crippen LogP contribution in [0.4, 0.5) is 0 Å². The number of carbonyl (C=O) groups excluding carboxylic acids is 2. The van der Waals surface area contributed by atoms with E-state index < -0.39 is 20.3 Å². The summed E-state index contributed by atoms with van der Waals surface area (Å²) in [4.78, 5) is 23.7. The van der Waals surface area contributed by atoms with Crippen LogP contribution in [0.15, 0.2) is 24.3 Å². The van der Waals surface area contributed by atoms with Gasteiger partial charge in [-0.15, -0.1) is 0 Å². The summed E-state index contributed by atoms with van der Waals surface area (Å²) in [6.45, 7) is 12.6. The van der Waals surface area contributed by atoms with Crippen molar-refractivity contribution in [2.45, 2.75) is 57.8 Å². The summed E-state index contributed by atoms with van der Waals surface area (Å²) >= 11 is 0. The number of hydrogen-bond donors (Lipinski definition) is 0. The molecular weight excluding hydrogens is 392 g/mol. The Bertz CT molecular complexity index is 564. The summed E-state index contributed by atoms with van der Waals surface area (Å²) in [5.74, 6) is -0.825. The largest absolute Gasteiger partial charge is 0.460 e. The minimum atomic E-state index is -2.02. The zero-order chi connectivity index (χ0) is 21.8. The van der Waals surface area contributed by atoms with Gasteiger partial charge in [0, 0.05) is 12.2 Å². The first-order valence-corrected chi connectivity index (χ1v) is 13.0. The Kier molecular flexibility index (Phi) is 11.4. The Morgan fingerprint density at radius 1 is 0.897 bits per heavy atom. The van der Waals surface area contributed by atoms with Crippen LogP contribution in [-0.4, -0.2) is 66.0 Å². The minimum Gasteiger partial charge on any atom is -0.460 e. The van der Waals surface area contributed by atoms with Gasteiger partial charge in [0.05, 0.1) is 32.5 Å². The number of carbonyl (C=O) groups is 2. The van der Waals surface area contributed by atoms with Gasteiger partial charge in [-0.05, 0) is 37.0 Å². The summed E-state index contributed by atoms with van der Waals surface area (Å²) in [6, 6.07) is 0. The third-order valence-corrected chi connectivity index (χ3v) is 9.39. The highest BCUT2D eigenvalue weighted by Gasteiger charge is 2.38. The van der Waals surface area contributed by atoms with Gasteiger partial charge in [0.25, 0.3) is 0 Å². The van der Waals surface area contributed by atoms with E-state index in [1.165, 1.54) is 12.2 Å². The Morgan fingerprint density at radius 2 is 1.41 bits per heavy atom. The fourth-order valence-corrected chi connectivity index (χ4v) is 3.50. The molecule has 0 saturated heterocycles. The van der Waals surface area contributed by atoms with E-state index in [0.717, 1.165) is 0 Å². The molecule has 0 aromatic rings. The van der Waals surface area contributed by atoms with Crippen molar-refractivity contribution < 1.29 is 33.0 Å². The average molecular weight is 429 g/mol. The second kappa shape index (κ2) is 12.9. The van der Waals surface area contributed by atoms with Gasteiger partial charge in [0.1, 0.15) is 13.2 Å². The molecule has 0 saturated carbocycles. The van der Waals surface area contributed by atoms with Gasteiger partial charge < -0.3 is 23.4 Å². The van der Waals surface area contributed by atoms with Crippen molar-refractivity contribution in [3.8, 4) is 0 Å². The van der Waals surface area contributed by atoms with Crippen LogP contribution >= 0.6 is 0 Å². The Morgan fingerprint density at radius 3 is 1.97 bits per heavy atom. The van der Waals surface area contributed by atoms with E-state index in [9.17, 15) is 9.59 Å². The molecule has 7 nitrogen and oxygen atoms in total. The molecule has 1 rings (SSSR count). The second-order valence-electron chi connectivity index (χ2n) is 8.32. The smallest absolute Gasteiger partial charge is 0.330 e. The van der Waals surface area contributed by atoms with Crippen molar-refractivity contribution in [3.63, 3.8) is 0 Å². The fraction of sp³-hybridized carbons (Fsp3) is 0.714. The molecule has 1 unspecified atom stereocenters. The fourth-order valence-electron chi connectivity index (χ4n) is 2.20. The molecule has 0 radical (unpaired) electrons. The lowest BCUT2D eigenvalue weighted by atomic mass is 10.2. The SMILES string of the molecule is CC(C)(C)[Si](C)(C)OC1C=CC(=O)OCCOCCOCCOC(=O)C=CCC1. The van der Waals surface area contributed by atoms with E-state index in [1.54, 1.807) is 12.2 Å². The van der Waals surface area contributed by atoms with Crippen LogP contribution in [0.3, 0.4) is 0 Å². The van der Waals surface area contributed by atoms with Crippen molar-refractivity contribution in [2.75, 3.05) is 39.6 Å². The predicted molar refractivity (Wildman–Crippen MR) is 113 cm³/mol. The molecule has 1 atom stereocenters. The number of hydrogen-bond acceptors (Lipinski definition) is 7. The normalized spacial score (nSPS) is 22.2. The molecule has 29 heavy (non-hydrogen) atoms. The molecule has 0 N–H and O–H groups in total. The molecule has 0 bridgehead atoms. The lowest BCUT2D eigenvalue weighted by molar-refractivity contribution is -0.141. The number of esters is 2. The highest BCUT2D eigenvalue weighted by molar-refractivity contribution is 6.74. The standard InChI is InChI=1S/C21H36O7Si/c1-21(2,3)29(4,5)28-18-8-6-7-9-19(22)26-16-14-24-12-13-25-15-17-27-20(23)11-10-18/h7,9-11,18H,6,8,12-17H2,1-5H3. The van der Waals surface area contributed by atoms with Crippen LogP contribution in [0.2, 0.25) is 18.1 Å². The van der Waals surface area contributed by atoms with Gasteiger partial charge >= 0.3 is 11.9 Å². The quantitative estimate of drug-likeness (QED) is 0.492. The minimum absolute atomic E-state index is 0.0466. The number of rotatable bonds is 2. The Hall–Kier alpha value is -1.48. The molecule has 0 aromatic heterocycles. The molecule has 0 amide bonds. The molecule has 8 heteroatoms. The lowest BCUT2D eigenvalue weighted by Gasteiger charge is -2.38. The Labute approximate surface area is 175 Å². The van der Waals surface area contributed by atoms with Crippen LogP contribution < -0.4 is 0 Å². The number of cyclic esters (lactones) is 2. The van der Waals surface area contributed by atoms with Crippen molar-refractivity contribution in [2.24, 2.45) is 0 Å². The van der Waals surface area contributed by atoms with E-state index in [2.05, 4.69) is 33.9 Å². The van der Waals surface area contributed by atoms with Crippen LogP contribution in [0.1, 0.15) is 33.6 Å². The molecule has 0 spiro atoms. The first kappa shape index (κ1) is 25.6. The summed E-state index contributed by atoms with van der Waals surface area (Å²) in [5, 5.41) is 0.0466. The highest BCUT2D eigenvalue weighted by atomic mass is 28.4. The Balaban J connectivity index is 2.78. The molecule has 166 valence electrons. The van der Waals surface area contributed by atoms with Gasteiger partial charge in [0.15, 0.2) is 8.32 Å². The van der Waals surface area contributed by atoms with E-state index in [0.29, 0.717) is 39.3 Å². The van der Waals surface area contributed by atoms with Crippen molar-refractivity contribution in [1.29, 1.82) is 0 Å². The molecule has 1 aliphatic rings. The van der Waals surface area contributed by atoms with Gasteiger partial charge in [-0.1, -0.05) is 26.8 Å². The maximum Gasteiger partial charge on any atom is 0.330 e. The van der Waals surface area contributed by atoms with Gasteiger partial charge in [0.2, 0.25) is 0 Å². The van der Waals surface area contributed by atoms with Crippen molar-refractivity contribution >= 4 is 20.3 Å². The molecule has 0 fully saturated rings. The van der Waals surface area contributed by atoms with E-state index in [1.807, 2.05) is 0 Å². The van der Waals surface area contributed by atoms with Gasteiger partial charge in [-0.2, -0.15) is 0 Å². The summed E-state index contributed by atoms with van der Waals surface area (Å²) < 4.78 is 27.3. The summed E-state index contributed by atoms with van der Waals surface area (Å²) in [7, 11) is -2.02. The van der Waals surface area contributed by atoms with Crippen LogP contribution in [0.25, 0.3) is 0 Å². The van der Waals surface area contributed by atoms with Gasteiger partial charge in [-0.25, -0.2) is 9.59 Å². The van der Waals surface area contributed by atoms with E-state index in [-0.39, 0.29) is 24.4 Å². The monoisotopic (exact) mass is 428 g/mol. The zero-order valence-electron chi connectivity index (χ0n) is 18.4. The topological polar surface area (TPSA) is 80.3 Å². The van der Waals surface area contributed by atoms with Crippen LogP contribution in [0.5, 0.6) is 0 Å². The highest BCUT2D eigenvalue weighted by Crippen LogP contribution is 2.37. The summed E-state index contributed by atoms with van der Waals surface area (Å²) in [5.41, 5.74) is 0. The molecule has 0 aliphatic carbocycles. The second-order valence-corrected chi connectivity index (χ2v) is 13.1. The molecule has 1 aliphatic heterocycles. The van der Waals surface area contributed by atoms with Crippen LogP contribution in [0, 0.1) is 0 Å². The van der Waals surface area contributed by atoms with Crippen molar-refractivity contribution in [1.82, 2.24) is 0 Å².